The molecular formula is C33H44BrN3O8. The van der Waals surface area contributed by atoms with E-state index in [1.54, 1.807) is 60.3 Å². The number of nitrogens with one attached hydrogen (secondary N) is 1. The van der Waals surface area contributed by atoms with Gasteiger partial charge in [-0.15, -0.1) is 13.2 Å². The predicted molar refractivity (Wildman–Crippen MR) is 172 cm³/mol. The van der Waals surface area contributed by atoms with Gasteiger partial charge in [-0.1, -0.05) is 28.1 Å². The fourth-order valence-electron chi connectivity index (χ4n) is 6.75. The molecule has 12 heteroatoms. The standard InChI is InChI=1S/C33H44BrN3O8/c1-5-7-11-25(39)35-20-21(3)44-32(42)26-27-30(40)37(17-9-8-10-18-38)29(33(27)19-24(34)28(26)45-33)31(41)36(16-6-2)22-12-14-23(43-4)15-13-22/h5-6,12-15,21,24,26-29,38H,1-2,7-11,16-20H2,3-4H3,(H,35,39)/t21-,24?,26-,27+,28-,29-,33+/m1/s1. The van der Waals surface area contributed by atoms with Crippen molar-refractivity contribution in [2.24, 2.45) is 11.8 Å². The fourth-order valence-corrected chi connectivity index (χ4v) is 7.69. The van der Waals surface area contributed by atoms with Gasteiger partial charge in [-0.3, -0.25) is 19.2 Å². The summed E-state index contributed by atoms with van der Waals surface area (Å²) in [6.45, 7) is 9.76. The average Bonchev–Trinajstić information content (AvgIpc) is 3.62. The second-order valence-corrected chi connectivity index (χ2v) is 13.0. The third-order valence-corrected chi connectivity index (χ3v) is 9.64. The number of allylic oxidation sites excluding steroid dienone is 1. The summed E-state index contributed by atoms with van der Waals surface area (Å²) in [6.07, 6.45) is 4.97. The molecule has 2 N–H and O–H groups in total. The van der Waals surface area contributed by atoms with Crippen molar-refractivity contribution in [1.82, 2.24) is 10.2 Å². The Morgan fingerprint density at radius 2 is 1.96 bits per heavy atom. The predicted octanol–water partition coefficient (Wildman–Crippen LogP) is 3.14. The number of rotatable bonds is 17. The molecule has 2 bridgehead atoms. The summed E-state index contributed by atoms with van der Waals surface area (Å²) in [5.41, 5.74) is -0.641. The van der Waals surface area contributed by atoms with Crippen molar-refractivity contribution in [1.29, 1.82) is 0 Å². The third-order valence-electron chi connectivity index (χ3n) is 8.79. The van der Waals surface area contributed by atoms with E-state index in [-0.39, 0.29) is 55.2 Å². The number of unbranched alkanes of at least 4 members (excludes halogenated alkanes) is 2. The number of aliphatic hydroxyl groups is 1. The molecule has 246 valence electrons. The molecule has 7 atom stereocenters. The van der Waals surface area contributed by atoms with E-state index < -0.39 is 41.7 Å². The first kappa shape index (κ1) is 34.6. The third kappa shape index (κ3) is 7.12. The lowest BCUT2D eigenvalue weighted by Gasteiger charge is -2.37. The van der Waals surface area contributed by atoms with Crippen LogP contribution in [0.4, 0.5) is 5.69 Å². The normalized spacial score (nSPS) is 27.1. The quantitative estimate of drug-likeness (QED) is 0.110. The summed E-state index contributed by atoms with van der Waals surface area (Å²) < 4.78 is 17.7. The second-order valence-electron chi connectivity index (χ2n) is 11.8. The minimum absolute atomic E-state index is 0.0321. The van der Waals surface area contributed by atoms with E-state index in [1.807, 2.05) is 0 Å². The lowest BCUT2D eigenvalue weighted by molar-refractivity contribution is -0.159. The molecule has 4 rings (SSSR count). The Hall–Kier alpha value is -3.22. The van der Waals surface area contributed by atoms with Crippen LogP contribution in [0.25, 0.3) is 0 Å². The van der Waals surface area contributed by atoms with E-state index in [2.05, 4.69) is 34.4 Å². The summed E-state index contributed by atoms with van der Waals surface area (Å²) in [5.74, 6) is -2.62. The molecule has 3 heterocycles. The molecule has 45 heavy (non-hydrogen) atoms. The van der Waals surface area contributed by atoms with Gasteiger partial charge in [0.2, 0.25) is 11.8 Å². The van der Waals surface area contributed by atoms with E-state index >= 15 is 0 Å². The van der Waals surface area contributed by atoms with Gasteiger partial charge in [0.25, 0.3) is 5.91 Å². The number of nitrogens with zero attached hydrogens (tertiary/aromatic N) is 2. The van der Waals surface area contributed by atoms with E-state index in [4.69, 9.17) is 14.2 Å². The van der Waals surface area contributed by atoms with Crippen LogP contribution >= 0.6 is 15.9 Å². The van der Waals surface area contributed by atoms with E-state index in [1.165, 1.54) is 0 Å². The highest BCUT2D eigenvalue weighted by molar-refractivity contribution is 9.09. The first-order chi connectivity index (χ1) is 21.6. The van der Waals surface area contributed by atoms with Crippen molar-refractivity contribution in [2.75, 3.05) is 38.3 Å². The molecule has 0 aromatic heterocycles. The molecule has 3 aliphatic heterocycles. The molecule has 1 aromatic carbocycles. The van der Waals surface area contributed by atoms with E-state index in [9.17, 15) is 24.3 Å². The average molecular weight is 691 g/mol. The van der Waals surface area contributed by atoms with Crippen molar-refractivity contribution >= 4 is 45.3 Å². The number of anilines is 1. The number of benzene rings is 1. The topological polar surface area (TPSA) is 135 Å². The number of halogens is 1. The molecule has 3 saturated heterocycles. The highest BCUT2D eigenvalue weighted by atomic mass is 79.9. The molecule has 1 unspecified atom stereocenters. The Morgan fingerprint density at radius 1 is 1.22 bits per heavy atom. The largest absolute Gasteiger partial charge is 0.497 e. The number of likely N-dealkylation sites (tertiary alicyclic amines) is 1. The van der Waals surface area contributed by atoms with E-state index in [0.717, 1.165) is 0 Å². The number of hydrogen-bond acceptors (Lipinski definition) is 8. The zero-order chi connectivity index (χ0) is 32.7. The molecule has 3 fully saturated rings. The van der Waals surface area contributed by atoms with Gasteiger partial charge in [-0.25, -0.2) is 0 Å². The maximum absolute atomic E-state index is 14.6. The van der Waals surface area contributed by atoms with Crippen molar-refractivity contribution in [2.45, 2.75) is 74.1 Å². The number of methoxy groups -OCH3 is 1. The molecule has 1 spiro atoms. The molecule has 0 radical (unpaired) electrons. The lowest BCUT2D eigenvalue weighted by atomic mass is 9.70. The maximum atomic E-state index is 14.6. The van der Waals surface area contributed by atoms with Crippen LogP contribution < -0.4 is 15.0 Å². The highest BCUT2D eigenvalue weighted by Crippen LogP contribution is 2.60. The molecule has 0 aliphatic carbocycles. The molecule has 3 aliphatic rings. The number of hydrogen-bond donors (Lipinski definition) is 2. The number of amides is 3. The summed E-state index contributed by atoms with van der Waals surface area (Å²) in [5, 5.41) is 12.1. The second kappa shape index (κ2) is 15.4. The van der Waals surface area contributed by atoms with Gasteiger partial charge in [0.05, 0.1) is 31.6 Å². The van der Waals surface area contributed by atoms with Crippen LogP contribution in [0.2, 0.25) is 0 Å². The molecule has 3 amide bonds. The number of carbonyl (C=O) groups is 4. The van der Waals surface area contributed by atoms with Gasteiger partial charge in [-0.05, 0) is 63.3 Å². The summed E-state index contributed by atoms with van der Waals surface area (Å²) >= 11 is 3.68. The first-order valence-electron chi connectivity index (χ1n) is 15.5. The Balaban J connectivity index is 1.63. The summed E-state index contributed by atoms with van der Waals surface area (Å²) in [6, 6.07) is 6.07. The van der Waals surface area contributed by atoms with Gasteiger partial charge in [0, 0.05) is 36.6 Å². The van der Waals surface area contributed by atoms with Crippen LogP contribution in [0, 0.1) is 11.8 Å². The zero-order valence-corrected chi connectivity index (χ0v) is 27.6. The summed E-state index contributed by atoms with van der Waals surface area (Å²) in [4.78, 5) is 57.5. The van der Waals surface area contributed by atoms with Crippen LogP contribution in [0.5, 0.6) is 5.75 Å². The Morgan fingerprint density at radius 3 is 2.60 bits per heavy atom. The van der Waals surface area contributed by atoms with Crippen molar-refractivity contribution in [3.05, 3.63) is 49.6 Å². The van der Waals surface area contributed by atoms with E-state index in [0.29, 0.717) is 43.5 Å². The van der Waals surface area contributed by atoms with Gasteiger partial charge in [0.15, 0.2) is 0 Å². The van der Waals surface area contributed by atoms with Gasteiger partial charge in [-0.2, -0.15) is 0 Å². The van der Waals surface area contributed by atoms with Crippen molar-refractivity contribution in [3.8, 4) is 5.75 Å². The molecule has 0 saturated carbocycles. The SMILES string of the molecule is C=CCCC(=O)NC[C@@H](C)OC(=O)[C@H]1[C@@H]2O[C@@]3(CC2Br)[C@@H]1C(=O)N(CCCCCO)[C@@H]3C(=O)N(CC=C)c1ccc(OC)cc1. The number of ether oxygens (including phenoxy) is 3. The highest BCUT2D eigenvalue weighted by Gasteiger charge is 2.77. The van der Waals surface area contributed by atoms with Crippen LogP contribution in [0.15, 0.2) is 49.6 Å². The first-order valence-corrected chi connectivity index (χ1v) is 16.4. The van der Waals surface area contributed by atoms with Crippen LogP contribution in [0.3, 0.4) is 0 Å². The molecular weight excluding hydrogens is 646 g/mol. The minimum atomic E-state index is -1.25. The fraction of sp³-hybridized carbons (Fsp3) is 0.576. The van der Waals surface area contributed by atoms with Crippen molar-refractivity contribution < 1.29 is 38.5 Å². The monoisotopic (exact) mass is 689 g/mol. The Labute approximate surface area is 273 Å². The van der Waals surface area contributed by atoms with Gasteiger partial charge >= 0.3 is 5.97 Å². The molecule has 11 nitrogen and oxygen atoms in total. The Bertz CT molecular complexity index is 1260. The lowest BCUT2D eigenvalue weighted by Crippen LogP contribution is -2.57. The number of aliphatic hydroxyl groups excluding tert-OH is 1. The van der Waals surface area contributed by atoms with Crippen molar-refractivity contribution in [3.63, 3.8) is 0 Å². The molecule has 1 aromatic rings. The number of fused-ring (bicyclic) bond motifs is 1. The summed E-state index contributed by atoms with van der Waals surface area (Å²) in [7, 11) is 1.56. The maximum Gasteiger partial charge on any atom is 0.312 e. The number of esters is 1. The minimum Gasteiger partial charge on any atom is -0.497 e. The van der Waals surface area contributed by atoms with Crippen LogP contribution in [-0.2, 0) is 28.7 Å². The number of alkyl halides is 1. The zero-order valence-electron chi connectivity index (χ0n) is 26.0. The Kier molecular flexibility index (Phi) is 11.8. The van der Waals surface area contributed by atoms with Crippen LogP contribution in [0.1, 0.15) is 45.4 Å². The smallest absolute Gasteiger partial charge is 0.312 e. The van der Waals surface area contributed by atoms with Crippen LogP contribution in [-0.4, -0.2) is 95.7 Å². The number of carbonyl (C=O) groups excluding carboxylic acids is 4. The van der Waals surface area contributed by atoms with Gasteiger partial charge < -0.3 is 34.4 Å². The van der Waals surface area contributed by atoms with Gasteiger partial charge in [0.1, 0.15) is 23.5 Å².